The normalized spacial score (nSPS) is 26.3. The molecule has 4 heteroatoms. The van der Waals surface area contributed by atoms with Gasteiger partial charge in [0.15, 0.2) is 0 Å². The van der Waals surface area contributed by atoms with Gasteiger partial charge in [0, 0.05) is 24.4 Å². The lowest BCUT2D eigenvalue weighted by Gasteiger charge is -2.27. The van der Waals surface area contributed by atoms with Crippen LogP contribution >= 0.6 is 11.8 Å². The minimum atomic E-state index is -0.593. The zero-order valence-electron chi connectivity index (χ0n) is 12.2. The van der Waals surface area contributed by atoms with Gasteiger partial charge in [0.1, 0.15) is 0 Å². The van der Waals surface area contributed by atoms with E-state index in [1.807, 2.05) is 13.2 Å². The van der Waals surface area contributed by atoms with Crippen molar-refractivity contribution in [3.63, 3.8) is 0 Å². The third-order valence-corrected chi connectivity index (χ3v) is 4.50. The monoisotopic (exact) mass is 274 g/mol. The zero-order chi connectivity index (χ0) is 13.4. The number of thioether (sulfide) groups is 1. The van der Waals surface area contributed by atoms with Gasteiger partial charge in [-0.1, -0.05) is 12.8 Å². The number of rotatable bonds is 7. The van der Waals surface area contributed by atoms with E-state index in [9.17, 15) is 5.11 Å². The number of aliphatic hydroxyl groups is 1. The molecule has 1 rings (SSSR count). The highest BCUT2D eigenvalue weighted by atomic mass is 32.2. The number of hydrogen-bond donors (Lipinski definition) is 3. The molecule has 1 fully saturated rings. The minimum absolute atomic E-state index is 0.467. The van der Waals surface area contributed by atoms with E-state index in [-0.39, 0.29) is 0 Å². The van der Waals surface area contributed by atoms with Gasteiger partial charge in [-0.15, -0.1) is 0 Å². The van der Waals surface area contributed by atoms with Crippen molar-refractivity contribution < 1.29 is 5.11 Å². The van der Waals surface area contributed by atoms with Gasteiger partial charge in [-0.05, 0) is 45.9 Å². The molecule has 0 bridgehead atoms. The molecule has 3 N–H and O–H groups in total. The van der Waals surface area contributed by atoms with Gasteiger partial charge < -0.3 is 15.7 Å². The summed E-state index contributed by atoms with van der Waals surface area (Å²) < 4.78 is 0. The first-order valence-electron chi connectivity index (χ1n) is 7.21. The highest BCUT2D eigenvalue weighted by Crippen LogP contribution is 2.14. The fraction of sp³-hybridized carbons (Fsp3) is 1.00. The summed E-state index contributed by atoms with van der Waals surface area (Å²) >= 11 is 1.70. The molecule has 3 unspecified atom stereocenters. The Bertz CT molecular complexity index is 216. The Kier molecular flexibility index (Phi) is 7.61. The second-order valence-corrected chi connectivity index (χ2v) is 6.81. The van der Waals surface area contributed by atoms with Crippen molar-refractivity contribution in [1.82, 2.24) is 10.6 Å². The Morgan fingerprint density at radius 2 is 2.22 bits per heavy atom. The molecule has 0 amide bonds. The minimum Gasteiger partial charge on any atom is -0.388 e. The Hall–Kier alpha value is 0.230. The van der Waals surface area contributed by atoms with Crippen LogP contribution in [0.3, 0.4) is 0 Å². The topological polar surface area (TPSA) is 44.3 Å². The summed E-state index contributed by atoms with van der Waals surface area (Å²) in [7, 11) is 0. The molecule has 0 radical (unpaired) electrons. The fourth-order valence-corrected chi connectivity index (χ4v) is 3.29. The summed E-state index contributed by atoms with van der Waals surface area (Å²) in [5, 5.41) is 17.2. The van der Waals surface area contributed by atoms with Crippen LogP contribution in [0.4, 0.5) is 0 Å². The quantitative estimate of drug-likeness (QED) is 0.664. The van der Waals surface area contributed by atoms with Crippen LogP contribution in [0, 0.1) is 0 Å². The number of hydrogen-bond acceptors (Lipinski definition) is 4. The van der Waals surface area contributed by atoms with Crippen molar-refractivity contribution >= 4 is 11.8 Å². The summed E-state index contributed by atoms with van der Waals surface area (Å²) in [4.78, 5) is 0. The summed E-state index contributed by atoms with van der Waals surface area (Å²) in [6, 6.07) is 1.12. The van der Waals surface area contributed by atoms with E-state index in [1.54, 1.807) is 11.8 Å². The van der Waals surface area contributed by atoms with Crippen LogP contribution in [-0.2, 0) is 0 Å². The molecular weight excluding hydrogens is 244 g/mol. The van der Waals surface area contributed by atoms with E-state index in [0.29, 0.717) is 18.6 Å². The Balaban J connectivity index is 2.21. The summed E-state index contributed by atoms with van der Waals surface area (Å²) in [6.07, 6.45) is 8.54. The third-order valence-electron chi connectivity index (χ3n) is 3.59. The van der Waals surface area contributed by atoms with Crippen molar-refractivity contribution in [2.75, 3.05) is 25.1 Å². The molecule has 18 heavy (non-hydrogen) atoms. The lowest BCUT2D eigenvalue weighted by Crippen LogP contribution is -2.45. The molecule has 0 aromatic carbocycles. The SMILES string of the molecule is CSCC(C)(O)CNC(C)CC1CCCCCN1. The van der Waals surface area contributed by atoms with Crippen LogP contribution in [0.25, 0.3) is 0 Å². The van der Waals surface area contributed by atoms with Gasteiger partial charge in [-0.2, -0.15) is 11.8 Å². The van der Waals surface area contributed by atoms with E-state index in [2.05, 4.69) is 17.6 Å². The first kappa shape index (κ1) is 16.3. The van der Waals surface area contributed by atoms with Crippen molar-refractivity contribution in [2.45, 2.75) is 63.6 Å². The molecular formula is C14H30N2OS. The molecule has 3 atom stereocenters. The van der Waals surface area contributed by atoms with E-state index in [1.165, 1.54) is 32.2 Å². The summed E-state index contributed by atoms with van der Waals surface area (Å²) in [6.45, 7) is 5.98. The third kappa shape index (κ3) is 6.98. The highest BCUT2D eigenvalue weighted by molar-refractivity contribution is 7.98. The first-order chi connectivity index (χ1) is 8.53. The van der Waals surface area contributed by atoms with Gasteiger partial charge in [0.2, 0.25) is 0 Å². The predicted molar refractivity (Wildman–Crippen MR) is 81.3 cm³/mol. The van der Waals surface area contributed by atoms with Gasteiger partial charge in [0.25, 0.3) is 0 Å². The molecule has 108 valence electrons. The Morgan fingerprint density at radius 1 is 1.44 bits per heavy atom. The maximum Gasteiger partial charge on any atom is 0.0833 e. The predicted octanol–water partition coefficient (Wildman–Crippen LogP) is 2.00. The van der Waals surface area contributed by atoms with Crippen LogP contribution in [0.1, 0.15) is 46.0 Å². The molecule has 0 aromatic rings. The molecule has 0 aliphatic carbocycles. The van der Waals surface area contributed by atoms with Gasteiger partial charge in [-0.3, -0.25) is 0 Å². The first-order valence-corrected chi connectivity index (χ1v) is 8.61. The molecule has 1 aliphatic heterocycles. The average molecular weight is 274 g/mol. The van der Waals surface area contributed by atoms with Crippen LogP contribution in [0.5, 0.6) is 0 Å². The van der Waals surface area contributed by atoms with Crippen LogP contribution in [-0.4, -0.2) is 47.9 Å². The fourth-order valence-electron chi connectivity index (χ4n) is 2.57. The van der Waals surface area contributed by atoms with E-state index in [4.69, 9.17) is 0 Å². The Morgan fingerprint density at radius 3 is 2.94 bits per heavy atom. The molecule has 0 spiro atoms. The maximum absolute atomic E-state index is 10.1. The lowest BCUT2D eigenvalue weighted by atomic mass is 10.0. The molecule has 1 aliphatic rings. The highest BCUT2D eigenvalue weighted by Gasteiger charge is 2.21. The van der Waals surface area contributed by atoms with E-state index >= 15 is 0 Å². The second kappa shape index (κ2) is 8.41. The maximum atomic E-state index is 10.1. The summed E-state index contributed by atoms with van der Waals surface area (Å²) in [5.41, 5.74) is -0.593. The number of nitrogens with one attached hydrogen (secondary N) is 2. The van der Waals surface area contributed by atoms with Crippen molar-refractivity contribution in [2.24, 2.45) is 0 Å². The molecule has 0 saturated carbocycles. The van der Waals surface area contributed by atoms with Crippen molar-refractivity contribution in [3.8, 4) is 0 Å². The zero-order valence-corrected chi connectivity index (χ0v) is 13.0. The average Bonchev–Trinajstić information content (AvgIpc) is 2.55. The molecule has 3 nitrogen and oxygen atoms in total. The van der Waals surface area contributed by atoms with Gasteiger partial charge in [0.05, 0.1) is 5.60 Å². The molecule has 0 aromatic heterocycles. The Labute approximate surface area is 116 Å². The van der Waals surface area contributed by atoms with E-state index < -0.39 is 5.60 Å². The second-order valence-electron chi connectivity index (χ2n) is 5.95. The smallest absolute Gasteiger partial charge is 0.0833 e. The molecule has 1 heterocycles. The lowest BCUT2D eigenvalue weighted by molar-refractivity contribution is 0.0812. The van der Waals surface area contributed by atoms with Crippen LogP contribution in [0.15, 0.2) is 0 Å². The summed E-state index contributed by atoms with van der Waals surface area (Å²) in [5.74, 6) is 0.786. The molecule has 1 saturated heterocycles. The van der Waals surface area contributed by atoms with Crippen LogP contribution in [0.2, 0.25) is 0 Å². The largest absolute Gasteiger partial charge is 0.388 e. The van der Waals surface area contributed by atoms with E-state index in [0.717, 1.165) is 12.2 Å². The van der Waals surface area contributed by atoms with Gasteiger partial charge in [-0.25, -0.2) is 0 Å². The van der Waals surface area contributed by atoms with Crippen molar-refractivity contribution in [3.05, 3.63) is 0 Å². The van der Waals surface area contributed by atoms with Gasteiger partial charge >= 0.3 is 0 Å². The van der Waals surface area contributed by atoms with Crippen LogP contribution < -0.4 is 10.6 Å². The standard InChI is InChI=1S/C14H30N2OS/c1-12(16-10-14(2,17)11-18-3)9-13-7-5-4-6-8-15-13/h12-13,15-17H,4-11H2,1-3H3. The van der Waals surface area contributed by atoms with Crippen molar-refractivity contribution in [1.29, 1.82) is 0 Å².